The van der Waals surface area contributed by atoms with E-state index in [4.69, 9.17) is 0 Å². The third-order valence-electron chi connectivity index (χ3n) is 7.12. The van der Waals surface area contributed by atoms with E-state index in [0.29, 0.717) is 39.3 Å². The van der Waals surface area contributed by atoms with Crippen molar-refractivity contribution in [2.75, 3.05) is 39.3 Å². The first-order valence-electron chi connectivity index (χ1n) is 10.9. The zero-order valence-electron chi connectivity index (χ0n) is 17.3. The fourth-order valence-corrected chi connectivity index (χ4v) is 6.62. The standard InChI is InChI=1S/C23H27N3O4S/c27-22-20-18-6-7-19(16-18)21(20)23(28)26(22)14-11-24-9-12-25(13-10-24)31(29,30)15-8-17-4-2-1-3-5-17/h1-8,15,18-21H,9-14,16H2/b15-8+/t18-,19-,20-,21+/m0/s1. The molecule has 2 heterocycles. The molecule has 31 heavy (non-hydrogen) atoms. The van der Waals surface area contributed by atoms with Gasteiger partial charge >= 0.3 is 0 Å². The number of allylic oxidation sites excluding steroid dienone is 2. The lowest BCUT2D eigenvalue weighted by Gasteiger charge is -2.34. The molecule has 2 saturated heterocycles. The van der Waals surface area contributed by atoms with Crippen molar-refractivity contribution in [2.24, 2.45) is 23.7 Å². The highest BCUT2D eigenvalue weighted by atomic mass is 32.2. The Kier molecular flexibility index (Phi) is 5.32. The Bertz CT molecular complexity index is 998. The summed E-state index contributed by atoms with van der Waals surface area (Å²) in [5.74, 6) is 0.128. The van der Waals surface area contributed by atoms with E-state index in [-0.39, 0.29) is 35.5 Å². The molecule has 4 aliphatic rings. The molecule has 2 bridgehead atoms. The summed E-state index contributed by atoms with van der Waals surface area (Å²) < 4.78 is 26.7. The topological polar surface area (TPSA) is 78.0 Å². The van der Waals surface area contributed by atoms with Gasteiger partial charge in [0.15, 0.2) is 0 Å². The van der Waals surface area contributed by atoms with Crippen molar-refractivity contribution >= 4 is 27.9 Å². The van der Waals surface area contributed by atoms with Gasteiger partial charge in [-0.3, -0.25) is 19.4 Å². The van der Waals surface area contributed by atoms with E-state index < -0.39 is 10.0 Å². The van der Waals surface area contributed by atoms with Crippen LogP contribution in [0.15, 0.2) is 47.9 Å². The number of carbonyl (C=O) groups is 2. The number of fused-ring (bicyclic) bond motifs is 5. The molecule has 5 rings (SSSR count). The van der Waals surface area contributed by atoms with Crippen molar-refractivity contribution in [3.8, 4) is 0 Å². The Morgan fingerprint density at radius 2 is 1.48 bits per heavy atom. The SMILES string of the molecule is O=C1[C@@H]2[C@H](C(=O)N1CCN1CCN(S(=O)(=O)/C=C/c3ccccc3)CC1)[C@H]1C=C[C@H]2C1. The number of hydrogen-bond acceptors (Lipinski definition) is 5. The number of benzene rings is 1. The monoisotopic (exact) mass is 441 g/mol. The molecule has 0 spiro atoms. The van der Waals surface area contributed by atoms with Crippen molar-refractivity contribution in [3.05, 3.63) is 53.5 Å². The van der Waals surface area contributed by atoms with E-state index in [9.17, 15) is 18.0 Å². The summed E-state index contributed by atoms with van der Waals surface area (Å²) in [4.78, 5) is 29.2. The molecule has 1 aromatic rings. The fraction of sp³-hybridized carbons (Fsp3) is 0.478. The van der Waals surface area contributed by atoms with Crippen LogP contribution >= 0.6 is 0 Å². The molecule has 7 nitrogen and oxygen atoms in total. The number of amides is 2. The van der Waals surface area contributed by atoms with E-state index >= 15 is 0 Å². The van der Waals surface area contributed by atoms with E-state index in [1.165, 1.54) is 14.6 Å². The first-order valence-corrected chi connectivity index (χ1v) is 12.4. The van der Waals surface area contributed by atoms with Gasteiger partial charge in [-0.15, -0.1) is 0 Å². The lowest BCUT2D eigenvalue weighted by Crippen LogP contribution is -2.50. The van der Waals surface area contributed by atoms with E-state index in [2.05, 4.69) is 17.1 Å². The molecule has 0 aromatic heterocycles. The van der Waals surface area contributed by atoms with Gasteiger partial charge in [0, 0.05) is 44.7 Å². The van der Waals surface area contributed by atoms with Crippen LogP contribution in [0.1, 0.15) is 12.0 Å². The summed E-state index contributed by atoms with van der Waals surface area (Å²) in [5, 5.41) is 1.26. The third-order valence-corrected chi connectivity index (χ3v) is 8.69. The predicted octanol–water partition coefficient (Wildman–Crippen LogP) is 1.41. The Morgan fingerprint density at radius 3 is 2.10 bits per heavy atom. The van der Waals surface area contributed by atoms with Crippen LogP contribution in [0.3, 0.4) is 0 Å². The van der Waals surface area contributed by atoms with Crippen LogP contribution in [0.25, 0.3) is 6.08 Å². The second kappa shape index (κ2) is 8.00. The van der Waals surface area contributed by atoms with Crippen LogP contribution in [0, 0.1) is 23.7 Å². The van der Waals surface area contributed by atoms with Gasteiger partial charge in [0.1, 0.15) is 0 Å². The van der Waals surface area contributed by atoms with E-state index in [1.807, 2.05) is 30.3 Å². The highest BCUT2D eigenvalue weighted by molar-refractivity contribution is 7.92. The quantitative estimate of drug-likeness (QED) is 0.493. The summed E-state index contributed by atoms with van der Waals surface area (Å²) in [5.41, 5.74) is 0.845. The summed E-state index contributed by atoms with van der Waals surface area (Å²) in [6.07, 6.45) is 6.76. The summed E-state index contributed by atoms with van der Waals surface area (Å²) >= 11 is 0. The minimum atomic E-state index is -3.47. The summed E-state index contributed by atoms with van der Waals surface area (Å²) in [6, 6.07) is 9.35. The fourth-order valence-electron chi connectivity index (χ4n) is 5.45. The van der Waals surface area contributed by atoms with E-state index in [0.717, 1.165) is 12.0 Å². The summed E-state index contributed by atoms with van der Waals surface area (Å²) in [6.45, 7) is 2.98. The van der Waals surface area contributed by atoms with Crippen molar-refractivity contribution in [3.63, 3.8) is 0 Å². The molecular formula is C23H27N3O4S. The average molecular weight is 442 g/mol. The molecule has 0 unspecified atom stereocenters. The number of rotatable bonds is 6. The van der Waals surface area contributed by atoms with Gasteiger partial charge in [-0.05, 0) is 29.9 Å². The zero-order chi connectivity index (χ0) is 21.6. The molecule has 2 amide bonds. The Labute approximate surface area is 183 Å². The van der Waals surface area contributed by atoms with Crippen LogP contribution < -0.4 is 0 Å². The molecule has 4 atom stereocenters. The van der Waals surface area contributed by atoms with Crippen molar-refractivity contribution in [1.82, 2.24) is 14.1 Å². The molecule has 3 fully saturated rings. The first-order chi connectivity index (χ1) is 14.9. The van der Waals surface area contributed by atoms with Gasteiger partial charge in [-0.25, -0.2) is 8.42 Å². The van der Waals surface area contributed by atoms with Gasteiger partial charge in [0.25, 0.3) is 0 Å². The van der Waals surface area contributed by atoms with E-state index in [1.54, 1.807) is 6.08 Å². The van der Waals surface area contributed by atoms with Gasteiger partial charge in [0.05, 0.1) is 11.8 Å². The van der Waals surface area contributed by atoms with Crippen molar-refractivity contribution in [2.45, 2.75) is 6.42 Å². The van der Waals surface area contributed by atoms with Gasteiger partial charge in [0.2, 0.25) is 21.8 Å². The maximum absolute atomic E-state index is 12.8. The zero-order valence-corrected chi connectivity index (χ0v) is 18.2. The summed E-state index contributed by atoms with van der Waals surface area (Å²) in [7, 11) is -3.47. The second-order valence-corrected chi connectivity index (χ2v) is 10.6. The van der Waals surface area contributed by atoms with Crippen LogP contribution in [0.4, 0.5) is 0 Å². The van der Waals surface area contributed by atoms with Crippen molar-refractivity contribution in [1.29, 1.82) is 0 Å². The third kappa shape index (κ3) is 3.77. The molecule has 2 aliphatic carbocycles. The predicted molar refractivity (Wildman–Crippen MR) is 117 cm³/mol. The molecule has 164 valence electrons. The number of imide groups is 1. The molecule has 1 saturated carbocycles. The van der Waals surface area contributed by atoms with Gasteiger partial charge in [-0.1, -0.05) is 42.5 Å². The number of carbonyl (C=O) groups excluding carboxylic acids is 2. The smallest absolute Gasteiger partial charge is 0.236 e. The van der Waals surface area contributed by atoms with Crippen LogP contribution in [0.5, 0.6) is 0 Å². The second-order valence-electron chi connectivity index (χ2n) is 8.83. The average Bonchev–Trinajstić information content (AvgIpc) is 3.46. The normalized spacial score (nSPS) is 31.3. The Balaban J connectivity index is 1.13. The van der Waals surface area contributed by atoms with Crippen LogP contribution in [0.2, 0.25) is 0 Å². The first kappa shape index (κ1) is 20.6. The molecule has 2 aliphatic heterocycles. The van der Waals surface area contributed by atoms with Gasteiger partial charge < -0.3 is 0 Å². The Hall–Kier alpha value is -2.29. The highest BCUT2D eigenvalue weighted by Crippen LogP contribution is 2.52. The number of piperazine rings is 1. The largest absolute Gasteiger partial charge is 0.299 e. The maximum atomic E-state index is 12.8. The molecule has 1 aromatic carbocycles. The molecule has 8 heteroatoms. The maximum Gasteiger partial charge on any atom is 0.236 e. The minimum absolute atomic E-state index is 0.0147. The number of sulfonamides is 1. The van der Waals surface area contributed by atoms with Crippen molar-refractivity contribution < 1.29 is 18.0 Å². The molecule has 0 N–H and O–H groups in total. The van der Waals surface area contributed by atoms with Gasteiger partial charge in [-0.2, -0.15) is 4.31 Å². The highest BCUT2D eigenvalue weighted by Gasteiger charge is 2.59. The molecule has 0 radical (unpaired) electrons. The minimum Gasteiger partial charge on any atom is -0.299 e. The number of likely N-dealkylation sites (tertiary alicyclic amines) is 1. The van der Waals surface area contributed by atoms with Crippen LogP contribution in [-0.4, -0.2) is 73.6 Å². The number of hydrogen-bond donors (Lipinski definition) is 0. The lowest BCUT2D eigenvalue weighted by molar-refractivity contribution is -0.140. The molecular weight excluding hydrogens is 414 g/mol. The number of nitrogens with zero attached hydrogens (tertiary/aromatic N) is 3. The Morgan fingerprint density at radius 1 is 0.871 bits per heavy atom. The lowest BCUT2D eigenvalue weighted by atomic mass is 9.85. The van der Waals surface area contributed by atoms with Crippen LogP contribution in [-0.2, 0) is 19.6 Å².